The van der Waals surface area contributed by atoms with Crippen molar-refractivity contribution in [2.45, 2.75) is 33.7 Å². The minimum Gasteiger partial charge on any atom is -0.355 e. The van der Waals surface area contributed by atoms with Crippen LogP contribution in [0.1, 0.15) is 36.6 Å². The van der Waals surface area contributed by atoms with Crippen molar-refractivity contribution in [3.05, 3.63) is 65.2 Å². The first-order valence-corrected chi connectivity index (χ1v) is 8.08. The van der Waals surface area contributed by atoms with Gasteiger partial charge in [-0.25, -0.2) is 0 Å². The summed E-state index contributed by atoms with van der Waals surface area (Å²) in [7, 11) is 0. The lowest BCUT2D eigenvalue weighted by atomic mass is 9.96. The number of thiocarbonyl (C=S) groups is 1. The molecule has 22 heavy (non-hydrogen) atoms. The zero-order valence-corrected chi connectivity index (χ0v) is 14.5. The lowest BCUT2D eigenvalue weighted by molar-refractivity contribution is 0.473. The van der Waals surface area contributed by atoms with E-state index in [4.69, 9.17) is 12.2 Å². The third-order valence-electron chi connectivity index (χ3n) is 3.88. The molecule has 2 aromatic carbocycles. The molecule has 0 aliphatic carbocycles. The van der Waals surface area contributed by atoms with Crippen LogP contribution in [0.15, 0.2) is 48.5 Å². The monoisotopic (exact) mass is 312 g/mol. The predicted molar refractivity (Wildman–Crippen MR) is 99.3 cm³/mol. The Morgan fingerprint density at radius 1 is 0.955 bits per heavy atom. The average Bonchev–Trinajstić information content (AvgIpc) is 2.49. The minimum absolute atomic E-state index is 0.202. The van der Waals surface area contributed by atoms with Gasteiger partial charge in [-0.05, 0) is 60.8 Å². The second kappa shape index (κ2) is 7.41. The molecule has 0 heterocycles. The van der Waals surface area contributed by atoms with E-state index >= 15 is 0 Å². The van der Waals surface area contributed by atoms with Gasteiger partial charge in [-0.15, -0.1) is 0 Å². The Morgan fingerprint density at radius 2 is 1.64 bits per heavy atom. The van der Waals surface area contributed by atoms with E-state index in [-0.39, 0.29) is 6.04 Å². The molecule has 0 spiro atoms. The summed E-state index contributed by atoms with van der Waals surface area (Å²) < 4.78 is 0. The number of anilines is 1. The summed E-state index contributed by atoms with van der Waals surface area (Å²) in [6.07, 6.45) is 0. The summed E-state index contributed by atoms with van der Waals surface area (Å²) in [5, 5.41) is 7.38. The SMILES string of the molecule is Cc1ccc(NC(=S)N[C@@H](c2ccccc2)C(C)C)cc1C. The smallest absolute Gasteiger partial charge is 0.171 e. The van der Waals surface area contributed by atoms with Crippen molar-refractivity contribution in [1.82, 2.24) is 5.32 Å². The van der Waals surface area contributed by atoms with E-state index in [1.54, 1.807) is 0 Å². The van der Waals surface area contributed by atoms with Crippen LogP contribution in [-0.4, -0.2) is 5.11 Å². The lowest BCUT2D eigenvalue weighted by Crippen LogP contribution is -2.34. The molecule has 2 N–H and O–H groups in total. The van der Waals surface area contributed by atoms with Gasteiger partial charge in [0.05, 0.1) is 6.04 Å². The molecule has 0 saturated carbocycles. The van der Waals surface area contributed by atoms with Crippen molar-refractivity contribution in [2.75, 3.05) is 5.32 Å². The van der Waals surface area contributed by atoms with Crippen molar-refractivity contribution in [3.63, 3.8) is 0 Å². The largest absolute Gasteiger partial charge is 0.355 e. The van der Waals surface area contributed by atoms with Crippen LogP contribution in [0.2, 0.25) is 0 Å². The van der Waals surface area contributed by atoms with Gasteiger partial charge >= 0.3 is 0 Å². The number of benzene rings is 2. The fraction of sp³-hybridized carbons (Fsp3) is 0.316. The molecule has 0 unspecified atom stereocenters. The van der Waals surface area contributed by atoms with Crippen LogP contribution in [-0.2, 0) is 0 Å². The molecule has 0 fully saturated rings. The van der Waals surface area contributed by atoms with Crippen LogP contribution >= 0.6 is 12.2 Å². The molecule has 0 aliphatic heterocycles. The Bertz CT molecular complexity index is 635. The highest BCUT2D eigenvalue weighted by atomic mass is 32.1. The Hall–Kier alpha value is -1.87. The average molecular weight is 312 g/mol. The van der Waals surface area contributed by atoms with Crippen LogP contribution in [0.3, 0.4) is 0 Å². The van der Waals surface area contributed by atoms with Gasteiger partial charge < -0.3 is 10.6 Å². The summed E-state index contributed by atoms with van der Waals surface area (Å²) >= 11 is 5.49. The van der Waals surface area contributed by atoms with Crippen molar-refractivity contribution in [2.24, 2.45) is 5.92 Å². The molecule has 3 heteroatoms. The Labute approximate surface area is 139 Å². The van der Waals surface area contributed by atoms with Crippen molar-refractivity contribution < 1.29 is 0 Å². The molecule has 0 aliphatic rings. The molecule has 0 bridgehead atoms. The van der Waals surface area contributed by atoms with E-state index in [2.05, 4.69) is 80.8 Å². The first-order valence-electron chi connectivity index (χ1n) is 7.67. The number of rotatable bonds is 4. The fourth-order valence-electron chi connectivity index (χ4n) is 2.42. The number of hydrogen-bond donors (Lipinski definition) is 2. The molecular weight excluding hydrogens is 288 g/mol. The summed E-state index contributed by atoms with van der Waals surface area (Å²) in [6, 6.07) is 16.9. The van der Waals surface area contributed by atoms with E-state index in [0.29, 0.717) is 11.0 Å². The van der Waals surface area contributed by atoms with E-state index in [0.717, 1.165) is 5.69 Å². The van der Waals surface area contributed by atoms with Crippen LogP contribution < -0.4 is 10.6 Å². The van der Waals surface area contributed by atoms with Gasteiger partial charge in [0.15, 0.2) is 5.11 Å². The Balaban J connectivity index is 2.07. The minimum atomic E-state index is 0.202. The van der Waals surface area contributed by atoms with E-state index in [1.165, 1.54) is 16.7 Å². The maximum absolute atomic E-state index is 5.49. The van der Waals surface area contributed by atoms with Crippen molar-refractivity contribution in [1.29, 1.82) is 0 Å². The van der Waals surface area contributed by atoms with Crippen LogP contribution in [0.5, 0.6) is 0 Å². The molecule has 0 aromatic heterocycles. The van der Waals surface area contributed by atoms with Gasteiger partial charge in [0.25, 0.3) is 0 Å². The van der Waals surface area contributed by atoms with Crippen LogP contribution in [0.25, 0.3) is 0 Å². The standard InChI is InChI=1S/C19H24N2S/c1-13(2)18(16-8-6-5-7-9-16)21-19(22)20-17-11-10-14(3)15(4)12-17/h5-13,18H,1-4H3,(H2,20,21,22)/t18-/m1/s1. The Kier molecular flexibility index (Phi) is 5.56. The van der Waals surface area contributed by atoms with Gasteiger partial charge in [0.2, 0.25) is 0 Å². The maximum Gasteiger partial charge on any atom is 0.171 e. The van der Waals surface area contributed by atoms with Crippen molar-refractivity contribution >= 4 is 23.0 Å². The van der Waals surface area contributed by atoms with Gasteiger partial charge in [-0.3, -0.25) is 0 Å². The fourth-order valence-corrected chi connectivity index (χ4v) is 2.67. The molecular formula is C19H24N2S. The van der Waals surface area contributed by atoms with Crippen molar-refractivity contribution in [3.8, 4) is 0 Å². The molecule has 2 rings (SSSR count). The van der Waals surface area contributed by atoms with Gasteiger partial charge in [0, 0.05) is 5.69 Å². The van der Waals surface area contributed by atoms with Gasteiger partial charge in [0.1, 0.15) is 0 Å². The van der Waals surface area contributed by atoms with Gasteiger partial charge in [-0.2, -0.15) is 0 Å². The van der Waals surface area contributed by atoms with Gasteiger partial charge in [-0.1, -0.05) is 50.2 Å². The van der Waals surface area contributed by atoms with E-state index < -0.39 is 0 Å². The molecule has 2 aromatic rings. The predicted octanol–water partition coefficient (Wildman–Crippen LogP) is 4.99. The van der Waals surface area contributed by atoms with E-state index in [1.807, 2.05) is 6.07 Å². The highest BCUT2D eigenvalue weighted by Gasteiger charge is 2.16. The zero-order chi connectivity index (χ0) is 16.1. The second-order valence-electron chi connectivity index (χ2n) is 6.03. The number of aryl methyl sites for hydroxylation is 2. The molecule has 0 radical (unpaired) electrons. The zero-order valence-electron chi connectivity index (χ0n) is 13.7. The second-order valence-corrected chi connectivity index (χ2v) is 6.44. The number of nitrogens with one attached hydrogen (secondary N) is 2. The molecule has 2 nitrogen and oxygen atoms in total. The third-order valence-corrected chi connectivity index (χ3v) is 4.10. The summed E-state index contributed by atoms with van der Waals surface area (Å²) in [5.74, 6) is 0.446. The highest BCUT2D eigenvalue weighted by Crippen LogP contribution is 2.22. The normalized spacial score (nSPS) is 12.0. The maximum atomic E-state index is 5.49. The first kappa shape index (κ1) is 16.5. The third kappa shape index (κ3) is 4.31. The highest BCUT2D eigenvalue weighted by molar-refractivity contribution is 7.80. The first-order chi connectivity index (χ1) is 10.5. The summed E-state index contributed by atoms with van der Waals surface area (Å²) in [4.78, 5) is 0. The topological polar surface area (TPSA) is 24.1 Å². The van der Waals surface area contributed by atoms with Crippen LogP contribution in [0, 0.1) is 19.8 Å². The van der Waals surface area contributed by atoms with Crippen LogP contribution in [0.4, 0.5) is 5.69 Å². The summed E-state index contributed by atoms with van der Waals surface area (Å²) in [5.41, 5.74) is 4.82. The Morgan fingerprint density at radius 3 is 2.23 bits per heavy atom. The van der Waals surface area contributed by atoms with E-state index in [9.17, 15) is 0 Å². The summed E-state index contributed by atoms with van der Waals surface area (Å²) in [6.45, 7) is 8.62. The quantitative estimate of drug-likeness (QED) is 0.778. The molecule has 116 valence electrons. The lowest BCUT2D eigenvalue weighted by Gasteiger charge is -2.25. The number of hydrogen-bond acceptors (Lipinski definition) is 1. The molecule has 0 amide bonds. The molecule has 1 atom stereocenters. The molecule has 0 saturated heterocycles.